The lowest BCUT2D eigenvalue weighted by molar-refractivity contribution is 0.307. The van der Waals surface area contributed by atoms with Gasteiger partial charge in [-0.15, -0.1) is 11.8 Å². The summed E-state index contributed by atoms with van der Waals surface area (Å²) in [7, 11) is 1.75. The van der Waals surface area contributed by atoms with E-state index in [1.165, 1.54) is 5.56 Å². The van der Waals surface area contributed by atoms with Crippen LogP contribution in [0, 0.1) is 0 Å². The Morgan fingerprint density at radius 1 is 1.20 bits per heavy atom. The number of nitrogens with zero attached hydrogens (tertiary/aromatic N) is 2. The molecule has 1 aromatic carbocycles. The summed E-state index contributed by atoms with van der Waals surface area (Å²) in [4.78, 5) is 8.71. The maximum absolute atomic E-state index is 9.12. The number of thioether (sulfide) groups is 1. The Bertz CT molecular complexity index is 570. The van der Waals surface area contributed by atoms with Crippen LogP contribution in [0.3, 0.4) is 0 Å². The molecule has 0 bridgehead atoms. The Labute approximate surface area is 123 Å². The van der Waals surface area contributed by atoms with Crippen LogP contribution >= 0.6 is 11.8 Å². The summed E-state index contributed by atoms with van der Waals surface area (Å²) in [6.07, 6.45) is 2.35. The third-order valence-electron chi connectivity index (χ3n) is 2.92. The smallest absolute Gasteiger partial charge is 0.105 e. The molecule has 2 rings (SSSR count). The van der Waals surface area contributed by atoms with E-state index in [1.54, 1.807) is 25.0 Å². The highest BCUT2D eigenvalue weighted by atomic mass is 32.2. The van der Waals surface area contributed by atoms with Crippen LogP contribution in [0.2, 0.25) is 0 Å². The van der Waals surface area contributed by atoms with Crippen LogP contribution in [0.5, 0.6) is 0 Å². The van der Waals surface area contributed by atoms with Gasteiger partial charge in [0.15, 0.2) is 0 Å². The maximum Gasteiger partial charge on any atom is 0.105 e. The third kappa shape index (κ3) is 3.92. The van der Waals surface area contributed by atoms with Crippen LogP contribution in [0.4, 0.5) is 0 Å². The number of aliphatic imine (C=N–C) groups is 1. The SMILES string of the molecule is C/N=C(\CCO)c1cccnc1SCc1ccccc1. The Kier molecular flexibility index (Phi) is 5.77. The van der Waals surface area contributed by atoms with Crippen molar-refractivity contribution in [3.8, 4) is 0 Å². The number of hydrogen-bond donors (Lipinski definition) is 1. The third-order valence-corrected chi connectivity index (χ3v) is 4.00. The van der Waals surface area contributed by atoms with E-state index in [1.807, 2.05) is 30.3 Å². The lowest BCUT2D eigenvalue weighted by Gasteiger charge is -2.09. The number of aromatic nitrogens is 1. The molecule has 0 unspecified atom stereocenters. The number of benzene rings is 1. The van der Waals surface area contributed by atoms with Gasteiger partial charge < -0.3 is 5.11 Å². The molecule has 2 aromatic rings. The second-order valence-electron chi connectivity index (χ2n) is 4.27. The fraction of sp³-hybridized carbons (Fsp3) is 0.250. The average Bonchev–Trinajstić information content (AvgIpc) is 2.52. The van der Waals surface area contributed by atoms with Crippen molar-refractivity contribution >= 4 is 17.5 Å². The molecule has 0 saturated carbocycles. The normalized spacial score (nSPS) is 11.6. The van der Waals surface area contributed by atoms with Crippen LogP contribution in [-0.2, 0) is 5.75 Å². The number of aliphatic hydroxyl groups is 1. The molecule has 0 fully saturated rings. The zero-order valence-corrected chi connectivity index (χ0v) is 12.3. The largest absolute Gasteiger partial charge is 0.396 e. The molecule has 3 nitrogen and oxygen atoms in total. The van der Waals surface area contributed by atoms with E-state index in [0.717, 1.165) is 22.1 Å². The Hall–Kier alpha value is -1.65. The van der Waals surface area contributed by atoms with E-state index in [-0.39, 0.29) is 6.61 Å². The molecule has 104 valence electrons. The fourth-order valence-corrected chi connectivity index (χ4v) is 2.90. The molecule has 4 heteroatoms. The molecule has 0 aliphatic heterocycles. The standard InChI is InChI=1S/C16H18N2OS/c1-17-15(9-11-19)14-8-5-10-18-16(14)20-12-13-6-3-2-4-7-13/h2-8,10,19H,9,11-12H2,1H3/b17-15+. The minimum atomic E-state index is 0.102. The van der Waals surface area contributed by atoms with Crippen molar-refractivity contribution in [1.82, 2.24) is 4.98 Å². The van der Waals surface area contributed by atoms with Gasteiger partial charge in [0.1, 0.15) is 5.03 Å². The second-order valence-corrected chi connectivity index (χ2v) is 5.24. The van der Waals surface area contributed by atoms with E-state index in [0.29, 0.717) is 6.42 Å². The van der Waals surface area contributed by atoms with Gasteiger partial charge in [-0.25, -0.2) is 4.98 Å². The van der Waals surface area contributed by atoms with Crippen molar-refractivity contribution in [2.75, 3.05) is 13.7 Å². The molecule has 0 saturated heterocycles. The molecule has 0 radical (unpaired) electrons. The zero-order chi connectivity index (χ0) is 14.2. The van der Waals surface area contributed by atoms with Gasteiger partial charge in [-0.3, -0.25) is 4.99 Å². The number of aliphatic hydroxyl groups excluding tert-OH is 1. The monoisotopic (exact) mass is 286 g/mol. The molecule has 1 aromatic heterocycles. The Balaban J connectivity index is 2.16. The highest BCUT2D eigenvalue weighted by Crippen LogP contribution is 2.25. The van der Waals surface area contributed by atoms with Gasteiger partial charge in [0, 0.05) is 43.3 Å². The molecular weight excluding hydrogens is 268 g/mol. The topological polar surface area (TPSA) is 45.5 Å². The van der Waals surface area contributed by atoms with Crippen LogP contribution in [0.25, 0.3) is 0 Å². The van der Waals surface area contributed by atoms with Crippen LogP contribution in [-0.4, -0.2) is 29.5 Å². The van der Waals surface area contributed by atoms with E-state index >= 15 is 0 Å². The average molecular weight is 286 g/mol. The quantitative estimate of drug-likeness (QED) is 0.655. The van der Waals surface area contributed by atoms with Crippen molar-refractivity contribution in [2.24, 2.45) is 4.99 Å². The van der Waals surface area contributed by atoms with Gasteiger partial charge in [0.05, 0.1) is 0 Å². The minimum absolute atomic E-state index is 0.102. The molecule has 0 aliphatic rings. The first-order chi connectivity index (χ1) is 9.85. The van der Waals surface area contributed by atoms with Gasteiger partial charge in [-0.2, -0.15) is 0 Å². The van der Waals surface area contributed by atoms with Gasteiger partial charge in [0.2, 0.25) is 0 Å². The lowest BCUT2D eigenvalue weighted by atomic mass is 10.1. The van der Waals surface area contributed by atoms with Crippen LogP contribution < -0.4 is 0 Å². The van der Waals surface area contributed by atoms with Crippen LogP contribution in [0.15, 0.2) is 58.7 Å². The maximum atomic E-state index is 9.12. The molecule has 20 heavy (non-hydrogen) atoms. The summed E-state index contributed by atoms with van der Waals surface area (Å²) < 4.78 is 0. The van der Waals surface area contributed by atoms with Crippen molar-refractivity contribution in [1.29, 1.82) is 0 Å². The highest BCUT2D eigenvalue weighted by molar-refractivity contribution is 7.98. The van der Waals surface area contributed by atoms with Gasteiger partial charge in [0.25, 0.3) is 0 Å². The number of hydrogen-bond acceptors (Lipinski definition) is 4. The predicted molar refractivity (Wildman–Crippen MR) is 84.4 cm³/mol. The lowest BCUT2D eigenvalue weighted by Crippen LogP contribution is -2.06. The molecule has 0 atom stereocenters. The van der Waals surface area contributed by atoms with Crippen LogP contribution in [0.1, 0.15) is 17.5 Å². The number of pyridine rings is 1. The van der Waals surface area contributed by atoms with Crippen molar-refractivity contribution in [2.45, 2.75) is 17.2 Å². The summed E-state index contributed by atoms with van der Waals surface area (Å²) >= 11 is 1.70. The first-order valence-corrected chi connectivity index (χ1v) is 7.52. The Morgan fingerprint density at radius 2 is 2.00 bits per heavy atom. The molecular formula is C16H18N2OS. The first-order valence-electron chi connectivity index (χ1n) is 6.53. The summed E-state index contributed by atoms with van der Waals surface area (Å²) in [5.74, 6) is 0.876. The molecule has 0 spiro atoms. The molecule has 0 amide bonds. The van der Waals surface area contributed by atoms with E-state index in [4.69, 9.17) is 5.11 Å². The van der Waals surface area contributed by atoms with Crippen molar-refractivity contribution < 1.29 is 5.11 Å². The molecule has 1 N–H and O–H groups in total. The molecule has 0 aliphatic carbocycles. The summed E-state index contributed by atoms with van der Waals surface area (Å²) in [5, 5.41) is 10.1. The van der Waals surface area contributed by atoms with Gasteiger partial charge in [-0.1, -0.05) is 30.3 Å². The van der Waals surface area contributed by atoms with Crippen molar-refractivity contribution in [3.05, 3.63) is 59.8 Å². The zero-order valence-electron chi connectivity index (χ0n) is 11.5. The fourth-order valence-electron chi connectivity index (χ4n) is 1.92. The van der Waals surface area contributed by atoms with Gasteiger partial charge >= 0.3 is 0 Å². The number of rotatable bonds is 6. The summed E-state index contributed by atoms with van der Waals surface area (Å²) in [6.45, 7) is 0.102. The van der Waals surface area contributed by atoms with Crippen molar-refractivity contribution in [3.63, 3.8) is 0 Å². The summed E-state index contributed by atoms with van der Waals surface area (Å²) in [6, 6.07) is 14.2. The highest BCUT2D eigenvalue weighted by Gasteiger charge is 2.10. The van der Waals surface area contributed by atoms with E-state index in [2.05, 4.69) is 22.1 Å². The van der Waals surface area contributed by atoms with Gasteiger partial charge in [-0.05, 0) is 17.7 Å². The van der Waals surface area contributed by atoms with E-state index < -0.39 is 0 Å². The first kappa shape index (κ1) is 14.8. The molecule has 1 heterocycles. The van der Waals surface area contributed by atoms with E-state index in [9.17, 15) is 0 Å². The second kappa shape index (κ2) is 7.82. The predicted octanol–water partition coefficient (Wildman–Crippen LogP) is 3.18. The minimum Gasteiger partial charge on any atom is -0.396 e. The Morgan fingerprint density at radius 3 is 2.70 bits per heavy atom. The summed E-state index contributed by atoms with van der Waals surface area (Å²) in [5.41, 5.74) is 3.19.